The molecule has 1 aliphatic carbocycles. The zero-order valence-electron chi connectivity index (χ0n) is 13.4. The van der Waals surface area contributed by atoms with Gasteiger partial charge in [0, 0.05) is 18.2 Å². The Morgan fingerprint density at radius 1 is 1.14 bits per heavy atom. The van der Waals surface area contributed by atoms with E-state index in [0.29, 0.717) is 12.1 Å². The van der Waals surface area contributed by atoms with E-state index >= 15 is 0 Å². The minimum absolute atomic E-state index is 0.0349. The zero-order valence-corrected chi connectivity index (χ0v) is 13.4. The average Bonchev–Trinajstić information content (AvgIpc) is 2.53. The van der Waals surface area contributed by atoms with Crippen LogP contribution in [0.15, 0.2) is 35.1 Å². The molecule has 1 heterocycles. The first-order chi connectivity index (χ1) is 10.6. The van der Waals surface area contributed by atoms with Gasteiger partial charge in [0.15, 0.2) is 0 Å². The minimum Gasteiger partial charge on any atom is -0.324 e. The summed E-state index contributed by atoms with van der Waals surface area (Å²) in [4.78, 5) is 12.6. The van der Waals surface area contributed by atoms with Crippen molar-refractivity contribution in [1.29, 1.82) is 0 Å². The molecular weight excluding hydrogens is 272 g/mol. The summed E-state index contributed by atoms with van der Waals surface area (Å²) in [5.74, 6) is 0. The van der Waals surface area contributed by atoms with Crippen LogP contribution in [-0.2, 0) is 19.4 Å². The molecule has 1 aromatic carbocycles. The summed E-state index contributed by atoms with van der Waals surface area (Å²) in [6.07, 6.45) is 4.88. The van der Waals surface area contributed by atoms with Crippen LogP contribution in [-0.4, -0.2) is 4.57 Å². The number of benzene rings is 1. The maximum absolute atomic E-state index is 12.6. The SMILES string of the molecule is CCn1c(-c2ccc3c(c2)CCCC3)ccc(C(C)N)c1=O. The van der Waals surface area contributed by atoms with E-state index in [-0.39, 0.29) is 11.6 Å². The molecule has 0 bridgehead atoms. The number of aryl methyl sites for hydroxylation is 2. The van der Waals surface area contributed by atoms with Crippen LogP contribution in [0.4, 0.5) is 0 Å². The van der Waals surface area contributed by atoms with Crippen LogP contribution >= 0.6 is 0 Å². The van der Waals surface area contributed by atoms with Gasteiger partial charge in [0.2, 0.25) is 0 Å². The predicted molar refractivity (Wildman–Crippen MR) is 91.1 cm³/mol. The van der Waals surface area contributed by atoms with Gasteiger partial charge < -0.3 is 10.3 Å². The van der Waals surface area contributed by atoms with Crippen molar-refractivity contribution < 1.29 is 0 Å². The van der Waals surface area contributed by atoms with Gasteiger partial charge >= 0.3 is 0 Å². The summed E-state index contributed by atoms with van der Waals surface area (Å²) >= 11 is 0. The summed E-state index contributed by atoms with van der Waals surface area (Å²) in [6, 6.07) is 10.3. The molecule has 2 N–H and O–H groups in total. The molecule has 0 saturated carbocycles. The van der Waals surface area contributed by atoms with E-state index in [1.54, 1.807) is 0 Å². The molecule has 0 aliphatic heterocycles. The third kappa shape index (κ3) is 2.61. The number of rotatable bonds is 3. The van der Waals surface area contributed by atoms with Crippen molar-refractivity contribution in [1.82, 2.24) is 4.57 Å². The molecule has 0 amide bonds. The number of nitrogens with two attached hydrogens (primary N) is 1. The van der Waals surface area contributed by atoms with Crippen LogP contribution in [0.5, 0.6) is 0 Å². The van der Waals surface area contributed by atoms with Crippen molar-refractivity contribution in [3.63, 3.8) is 0 Å². The molecule has 1 aliphatic rings. The molecular formula is C19H24N2O. The molecule has 2 aromatic rings. The molecule has 0 saturated heterocycles. The average molecular weight is 296 g/mol. The van der Waals surface area contributed by atoms with E-state index in [1.807, 2.05) is 30.5 Å². The van der Waals surface area contributed by atoms with Gasteiger partial charge in [-0.2, -0.15) is 0 Å². The summed E-state index contributed by atoms with van der Waals surface area (Å²) in [5.41, 5.74) is 11.7. The van der Waals surface area contributed by atoms with E-state index in [0.717, 1.165) is 17.7 Å². The van der Waals surface area contributed by atoms with Gasteiger partial charge in [-0.25, -0.2) is 0 Å². The summed E-state index contributed by atoms with van der Waals surface area (Å²) < 4.78 is 1.84. The summed E-state index contributed by atoms with van der Waals surface area (Å²) in [7, 11) is 0. The van der Waals surface area contributed by atoms with Crippen molar-refractivity contribution in [2.24, 2.45) is 5.73 Å². The van der Waals surface area contributed by atoms with Gasteiger partial charge in [0.25, 0.3) is 5.56 Å². The molecule has 22 heavy (non-hydrogen) atoms. The second kappa shape index (κ2) is 6.09. The largest absolute Gasteiger partial charge is 0.324 e. The monoisotopic (exact) mass is 296 g/mol. The van der Waals surface area contributed by atoms with E-state index in [4.69, 9.17) is 5.73 Å². The number of nitrogens with zero attached hydrogens (tertiary/aromatic N) is 1. The quantitative estimate of drug-likeness (QED) is 0.943. The van der Waals surface area contributed by atoms with Crippen molar-refractivity contribution >= 4 is 0 Å². The zero-order chi connectivity index (χ0) is 15.7. The van der Waals surface area contributed by atoms with Crippen molar-refractivity contribution in [2.45, 2.75) is 52.1 Å². The Morgan fingerprint density at radius 3 is 2.55 bits per heavy atom. The molecule has 3 rings (SSSR count). The smallest absolute Gasteiger partial charge is 0.255 e. The standard InChI is InChI=1S/C19H24N2O/c1-3-21-18(11-10-17(13(2)20)19(21)22)16-9-8-14-6-4-5-7-15(14)12-16/h8-13H,3-7,20H2,1-2H3. The first kappa shape index (κ1) is 15.0. The first-order valence-electron chi connectivity index (χ1n) is 8.23. The van der Waals surface area contributed by atoms with E-state index in [9.17, 15) is 4.79 Å². The first-order valence-corrected chi connectivity index (χ1v) is 8.23. The van der Waals surface area contributed by atoms with Crippen LogP contribution in [0.25, 0.3) is 11.3 Å². The normalized spacial score (nSPS) is 15.4. The summed E-state index contributed by atoms with van der Waals surface area (Å²) in [5, 5.41) is 0. The Kier molecular flexibility index (Phi) is 4.16. The molecule has 1 atom stereocenters. The van der Waals surface area contributed by atoms with Gasteiger partial charge in [-0.1, -0.05) is 12.1 Å². The number of fused-ring (bicyclic) bond motifs is 1. The second-order valence-corrected chi connectivity index (χ2v) is 6.20. The predicted octanol–water partition coefficient (Wildman–Crippen LogP) is 3.43. The van der Waals surface area contributed by atoms with Crippen LogP contribution in [0, 0.1) is 0 Å². The van der Waals surface area contributed by atoms with Gasteiger partial charge in [0.05, 0.1) is 5.69 Å². The highest BCUT2D eigenvalue weighted by Crippen LogP contribution is 2.27. The second-order valence-electron chi connectivity index (χ2n) is 6.20. The molecule has 0 radical (unpaired) electrons. The Labute approximate surface area is 131 Å². The Balaban J connectivity index is 2.12. The highest BCUT2D eigenvalue weighted by molar-refractivity contribution is 5.62. The topological polar surface area (TPSA) is 48.0 Å². The van der Waals surface area contributed by atoms with Crippen molar-refractivity contribution in [2.75, 3.05) is 0 Å². The fraction of sp³-hybridized carbons (Fsp3) is 0.421. The van der Waals surface area contributed by atoms with E-state index < -0.39 is 0 Å². The lowest BCUT2D eigenvalue weighted by molar-refractivity contribution is 0.684. The molecule has 3 nitrogen and oxygen atoms in total. The molecule has 1 aromatic heterocycles. The van der Waals surface area contributed by atoms with Gasteiger partial charge in [-0.3, -0.25) is 4.79 Å². The highest BCUT2D eigenvalue weighted by atomic mass is 16.1. The van der Waals surface area contributed by atoms with Gasteiger partial charge in [0.1, 0.15) is 0 Å². The minimum atomic E-state index is -0.233. The lowest BCUT2D eigenvalue weighted by Gasteiger charge is -2.19. The molecule has 116 valence electrons. The number of aromatic nitrogens is 1. The van der Waals surface area contributed by atoms with Crippen molar-refractivity contribution in [3.05, 3.63) is 57.4 Å². The molecule has 1 unspecified atom stereocenters. The molecule has 3 heteroatoms. The van der Waals surface area contributed by atoms with Gasteiger partial charge in [-0.05, 0) is 74.4 Å². The Bertz CT molecular complexity index is 744. The maximum atomic E-state index is 12.6. The van der Waals surface area contributed by atoms with E-state index in [2.05, 4.69) is 18.2 Å². The molecule has 0 fully saturated rings. The number of pyridine rings is 1. The third-order valence-electron chi connectivity index (χ3n) is 4.65. The van der Waals surface area contributed by atoms with Gasteiger partial charge in [-0.15, -0.1) is 0 Å². The fourth-order valence-corrected chi connectivity index (χ4v) is 3.40. The van der Waals surface area contributed by atoms with Crippen LogP contribution < -0.4 is 11.3 Å². The number of hydrogen-bond acceptors (Lipinski definition) is 2. The highest BCUT2D eigenvalue weighted by Gasteiger charge is 2.14. The van der Waals surface area contributed by atoms with Crippen LogP contribution in [0.1, 0.15) is 49.4 Å². The third-order valence-corrected chi connectivity index (χ3v) is 4.65. The maximum Gasteiger partial charge on any atom is 0.255 e. The van der Waals surface area contributed by atoms with E-state index in [1.165, 1.54) is 30.4 Å². The Morgan fingerprint density at radius 2 is 1.86 bits per heavy atom. The lowest BCUT2D eigenvalue weighted by atomic mass is 9.90. The lowest BCUT2D eigenvalue weighted by Crippen LogP contribution is -2.27. The summed E-state index contributed by atoms with van der Waals surface area (Å²) in [6.45, 7) is 4.52. The molecule has 0 spiro atoms. The van der Waals surface area contributed by atoms with Crippen molar-refractivity contribution in [3.8, 4) is 11.3 Å². The van der Waals surface area contributed by atoms with Crippen LogP contribution in [0.3, 0.4) is 0 Å². The number of hydrogen-bond donors (Lipinski definition) is 1. The van der Waals surface area contributed by atoms with Crippen LogP contribution in [0.2, 0.25) is 0 Å². The Hall–Kier alpha value is -1.87. The fourth-order valence-electron chi connectivity index (χ4n) is 3.40.